The Labute approximate surface area is 130 Å². The Balaban J connectivity index is 3.24. The fourth-order valence-electron chi connectivity index (χ4n) is 1.58. The normalized spacial score (nSPS) is 11.9. The molecular weight excluding hydrogens is 286 g/mol. The van der Waals surface area contributed by atoms with Gasteiger partial charge in [0, 0.05) is 6.20 Å². The van der Waals surface area contributed by atoms with E-state index < -0.39 is 23.1 Å². The van der Waals surface area contributed by atoms with Crippen molar-refractivity contribution in [3.8, 4) is 0 Å². The van der Waals surface area contributed by atoms with Crippen LogP contribution in [0, 0.1) is 0 Å². The fourth-order valence-corrected chi connectivity index (χ4v) is 1.58. The summed E-state index contributed by atoms with van der Waals surface area (Å²) < 4.78 is 10.5. The second-order valence-electron chi connectivity index (χ2n) is 6.85. The highest BCUT2D eigenvalue weighted by Crippen LogP contribution is 2.26. The third-order valence-electron chi connectivity index (χ3n) is 2.37. The van der Waals surface area contributed by atoms with E-state index in [2.05, 4.69) is 4.98 Å². The van der Waals surface area contributed by atoms with Gasteiger partial charge in [-0.1, -0.05) is 0 Å². The van der Waals surface area contributed by atoms with E-state index in [0.29, 0.717) is 0 Å². The maximum absolute atomic E-state index is 12.2. The number of nitrogens with zero attached hydrogens (tertiary/aromatic N) is 1. The Kier molecular flexibility index (Phi) is 4.70. The van der Waals surface area contributed by atoms with E-state index in [1.54, 1.807) is 41.5 Å². The smallest absolute Gasteiger partial charge is 0.344 e. The van der Waals surface area contributed by atoms with Crippen LogP contribution in [0.3, 0.4) is 0 Å². The van der Waals surface area contributed by atoms with Crippen molar-refractivity contribution in [2.75, 3.05) is 11.5 Å². The maximum atomic E-state index is 12.2. The third kappa shape index (κ3) is 4.61. The number of hydrogen-bond donors (Lipinski definition) is 2. The molecule has 122 valence electrons. The minimum atomic E-state index is -0.736. The lowest BCUT2D eigenvalue weighted by Crippen LogP contribution is -2.27. The van der Waals surface area contributed by atoms with Crippen molar-refractivity contribution in [1.82, 2.24) is 4.98 Å². The molecule has 7 nitrogen and oxygen atoms in total. The van der Waals surface area contributed by atoms with Crippen LogP contribution in [0.4, 0.5) is 11.5 Å². The molecule has 0 bridgehead atoms. The van der Waals surface area contributed by atoms with E-state index in [0.717, 1.165) is 0 Å². The lowest BCUT2D eigenvalue weighted by atomic mass is 10.1. The molecule has 22 heavy (non-hydrogen) atoms. The molecule has 0 saturated carbocycles. The highest BCUT2D eigenvalue weighted by molar-refractivity contribution is 6.06. The van der Waals surface area contributed by atoms with E-state index in [9.17, 15) is 9.59 Å². The molecule has 0 fully saturated rings. The Morgan fingerprint density at radius 1 is 0.955 bits per heavy atom. The van der Waals surface area contributed by atoms with Crippen LogP contribution in [0.2, 0.25) is 0 Å². The molecule has 0 saturated heterocycles. The summed E-state index contributed by atoms with van der Waals surface area (Å²) >= 11 is 0. The first kappa shape index (κ1) is 17.7. The summed E-state index contributed by atoms with van der Waals surface area (Å²) in [5, 5.41) is 0. The van der Waals surface area contributed by atoms with Crippen LogP contribution in [0.1, 0.15) is 62.3 Å². The fraction of sp³-hybridized carbons (Fsp3) is 0.533. The molecule has 4 N–H and O–H groups in total. The summed E-state index contributed by atoms with van der Waals surface area (Å²) in [6, 6.07) is 0. The molecule has 0 amide bonds. The largest absolute Gasteiger partial charge is 0.456 e. The average Bonchev–Trinajstić information content (AvgIpc) is 2.23. The molecular formula is C15H23N3O4. The first-order chi connectivity index (χ1) is 9.82. The summed E-state index contributed by atoms with van der Waals surface area (Å²) in [4.78, 5) is 28.1. The molecule has 0 radical (unpaired) electrons. The standard InChI is InChI=1S/C15H23N3O4/c1-14(2,3)21-12(19)8-7-18-11(17)9(10(8)16)13(20)22-15(4,5)6/h7H,1-6H3,(H4,16,17,18). The van der Waals surface area contributed by atoms with Gasteiger partial charge in [-0.05, 0) is 41.5 Å². The molecule has 1 heterocycles. The number of carbonyl (C=O) groups is 2. The summed E-state index contributed by atoms with van der Waals surface area (Å²) in [5.74, 6) is -1.51. The van der Waals surface area contributed by atoms with Gasteiger partial charge in [0.1, 0.15) is 28.1 Å². The molecule has 7 heteroatoms. The maximum Gasteiger partial charge on any atom is 0.344 e. The summed E-state index contributed by atoms with van der Waals surface area (Å²) in [6.07, 6.45) is 1.19. The Morgan fingerprint density at radius 2 is 1.41 bits per heavy atom. The lowest BCUT2D eigenvalue weighted by Gasteiger charge is -2.22. The van der Waals surface area contributed by atoms with E-state index in [1.165, 1.54) is 6.20 Å². The van der Waals surface area contributed by atoms with Gasteiger partial charge in [0.2, 0.25) is 0 Å². The second kappa shape index (κ2) is 5.82. The number of pyridine rings is 1. The minimum Gasteiger partial charge on any atom is -0.456 e. The average molecular weight is 309 g/mol. The van der Waals surface area contributed by atoms with Crippen molar-refractivity contribution < 1.29 is 19.1 Å². The van der Waals surface area contributed by atoms with Crippen molar-refractivity contribution in [3.63, 3.8) is 0 Å². The van der Waals surface area contributed by atoms with Crippen molar-refractivity contribution >= 4 is 23.4 Å². The zero-order chi connectivity index (χ0) is 17.3. The van der Waals surface area contributed by atoms with Crippen molar-refractivity contribution in [1.29, 1.82) is 0 Å². The van der Waals surface area contributed by atoms with E-state index in [-0.39, 0.29) is 22.6 Å². The minimum absolute atomic E-state index is 0.0232. The Morgan fingerprint density at radius 3 is 1.86 bits per heavy atom. The van der Waals surface area contributed by atoms with Crippen LogP contribution in [-0.2, 0) is 9.47 Å². The van der Waals surface area contributed by atoms with Crippen LogP contribution in [-0.4, -0.2) is 28.1 Å². The van der Waals surface area contributed by atoms with Crippen LogP contribution in [0.25, 0.3) is 0 Å². The highest BCUT2D eigenvalue weighted by Gasteiger charge is 2.28. The number of hydrogen-bond acceptors (Lipinski definition) is 7. The number of rotatable bonds is 2. The van der Waals surface area contributed by atoms with Gasteiger partial charge < -0.3 is 20.9 Å². The van der Waals surface area contributed by atoms with Crippen molar-refractivity contribution in [3.05, 3.63) is 17.3 Å². The molecule has 0 spiro atoms. The molecule has 0 atom stereocenters. The van der Waals surface area contributed by atoms with Gasteiger partial charge in [-0.2, -0.15) is 0 Å². The molecule has 0 aromatic carbocycles. The molecule has 0 unspecified atom stereocenters. The van der Waals surface area contributed by atoms with Crippen LogP contribution in [0.15, 0.2) is 6.20 Å². The number of anilines is 2. The topological polar surface area (TPSA) is 118 Å². The van der Waals surface area contributed by atoms with Crippen molar-refractivity contribution in [2.24, 2.45) is 0 Å². The Hall–Kier alpha value is -2.31. The zero-order valence-corrected chi connectivity index (χ0v) is 13.8. The lowest BCUT2D eigenvalue weighted by molar-refractivity contribution is 0.00679. The van der Waals surface area contributed by atoms with Gasteiger partial charge in [0.25, 0.3) is 0 Å². The van der Waals surface area contributed by atoms with Gasteiger partial charge in [-0.15, -0.1) is 0 Å². The van der Waals surface area contributed by atoms with Crippen LogP contribution in [0.5, 0.6) is 0 Å². The van der Waals surface area contributed by atoms with Crippen LogP contribution < -0.4 is 11.5 Å². The molecule has 1 aromatic heterocycles. The van der Waals surface area contributed by atoms with Crippen LogP contribution >= 0.6 is 0 Å². The third-order valence-corrected chi connectivity index (χ3v) is 2.37. The van der Waals surface area contributed by atoms with Gasteiger partial charge in [0.15, 0.2) is 0 Å². The Bertz CT molecular complexity index is 598. The predicted molar refractivity (Wildman–Crippen MR) is 83.4 cm³/mol. The second-order valence-corrected chi connectivity index (χ2v) is 6.85. The van der Waals surface area contributed by atoms with Gasteiger partial charge >= 0.3 is 11.9 Å². The monoisotopic (exact) mass is 309 g/mol. The number of nitrogens with two attached hydrogens (primary N) is 2. The van der Waals surface area contributed by atoms with E-state index in [1.807, 2.05) is 0 Å². The highest BCUT2D eigenvalue weighted by atomic mass is 16.6. The van der Waals surface area contributed by atoms with E-state index in [4.69, 9.17) is 20.9 Å². The quantitative estimate of drug-likeness (QED) is 0.803. The summed E-state index contributed by atoms with van der Waals surface area (Å²) in [5.41, 5.74) is 9.92. The van der Waals surface area contributed by atoms with Gasteiger partial charge in [-0.25, -0.2) is 14.6 Å². The molecule has 0 aliphatic rings. The number of esters is 2. The van der Waals surface area contributed by atoms with Gasteiger partial charge in [-0.3, -0.25) is 0 Å². The number of nitrogen functional groups attached to an aromatic ring is 2. The SMILES string of the molecule is CC(C)(C)OC(=O)c1cnc(N)c(C(=O)OC(C)(C)C)c1N. The summed E-state index contributed by atoms with van der Waals surface area (Å²) in [7, 11) is 0. The first-order valence-corrected chi connectivity index (χ1v) is 6.82. The molecule has 0 aliphatic carbocycles. The first-order valence-electron chi connectivity index (χ1n) is 6.82. The summed E-state index contributed by atoms with van der Waals surface area (Å²) in [6.45, 7) is 10.3. The van der Waals surface area contributed by atoms with Crippen molar-refractivity contribution in [2.45, 2.75) is 52.7 Å². The molecule has 1 aromatic rings. The molecule has 1 rings (SSSR count). The molecule has 0 aliphatic heterocycles. The number of carbonyl (C=O) groups excluding carboxylic acids is 2. The van der Waals surface area contributed by atoms with E-state index >= 15 is 0 Å². The van der Waals surface area contributed by atoms with Gasteiger partial charge in [0.05, 0.1) is 5.69 Å². The predicted octanol–water partition coefficient (Wildman–Crippen LogP) is 2.16. The number of aromatic nitrogens is 1. The number of ether oxygens (including phenoxy) is 2. The zero-order valence-electron chi connectivity index (χ0n) is 13.8.